The number of aliphatic hydroxyl groups excluding tert-OH is 1. The van der Waals surface area contributed by atoms with E-state index >= 15 is 0 Å². The molecule has 7 nitrogen and oxygen atoms in total. The first-order valence-electron chi connectivity index (χ1n) is 12.2. The van der Waals surface area contributed by atoms with Crippen molar-refractivity contribution in [1.29, 1.82) is 0 Å². The molecule has 0 saturated carbocycles. The number of aryl methyl sites for hydroxylation is 1. The number of nitrogens with zero attached hydrogens (tertiary/aromatic N) is 1. The molecule has 0 unspecified atom stereocenters. The predicted molar refractivity (Wildman–Crippen MR) is 149 cm³/mol. The Morgan fingerprint density at radius 1 is 1.16 bits per heavy atom. The van der Waals surface area contributed by atoms with Gasteiger partial charge in [0, 0.05) is 11.2 Å². The summed E-state index contributed by atoms with van der Waals surface area (Å²) in [6.45, 7) is 9.52. The van der Waals surface area contributed by atoms with E-state index in [-0.39, 0.29) is 5.91 Å². The molecule has 1 aromatic heterocycles. The predicted octanol–water partition coefficient (Wildman–Crippen LogP) is 5.98. The standard InChI is InChI=1S/C28H34ClN3O4S/c1-6-9-22(31-26(35)24(33)28(3,4)5)25(34)32-27-30-15-23(37-27)20-11-8-7-10-18(20)16-36-19-12-13-21(29)17(2)14-19/h7-8,10-15,22,24,33H,6,9,16H2,1-5H3,(H,31,35)(H,30,32,34)/t22-,24+/m0/s1. The van der Waals surface area contributed by atoms with Crippen LogP contribution in [-0.4, -0.2) is 34.1 Å². The van der Waals surface area contributed by atoms with E-state index in [1.54, 1.807) is 27.0 Å². The van der Waals surface area contributed by atoms with E-state index in [0.717, 1.165) is 27.3 Å². The number of carbonyl (C=O) groups excluding carboxylic acids is 2. The van der Waals surface area contributed by atoms with E-state index in [1.807, 2.05) is 56.3 Å². The Labute approximate surface area is 227 Å². The van der Waals surface area contributed by atoms with Gasteiger partial charge in [0.2, 0.25) is 11.8 Å². The summed E-state index contributed by atoms with van der Waals surface area (Å²) < 4.78 is 6.00. The third-order valence-electron chi connectivity index (χ3n) is 5.82. The molecular weight excluding hydrogens is 510 g/mol. The van der Waals surface area contributed by atoms with Gasteiger partial charge in [0.1, 0.15) is 24.5 Å². The lowest BCUT2D eigenvalue weighted by atomic mass is 9.88. The Hall–Kier alpha value is -2.94. The van der Waals surface area contributed by atoms with Crippen molar-refractivity contribution in [3.63, 3.8) is 0 Å². The number of carbonyl (C=O) groups is 2. The van der Waals surface area contributed by atoms with Crippen LogP contribution in [0.5, 0.6) is 5.75 Å². The van der Waals surface area contributed by atoms with Gasteiger partial charge in [-0.15, -0.1) is 0 Å². The van der Waals surface area contributed by atoms with Gasteiger partial charge in [-0.25, -0.2) is 4.98 Å². The number of anilines is 1. The van der Waals surface area contributed by atoms with Crippen LogP contribution < -0.4 is 15.4 Å². The quantitative estimate of drug-likeness (QED) is 0.292. The minimum Gasteiger partial charge on any atom is -0.489 e. The van der Waals surface area contributed by atoms with Gasteiger partial charge in [-0.3, -0.25) is 9.59 Å². The van der Waals surface area contributed by atoms with Crippen molar-refractivity contribution in [3.8, 4) is 16.2 Å². The zero-order valence-corrected chi connectivity index (χ0v) is 23.4. The van der Waals surface area contributed by atoms with Gasteiger partial charge < -0.3 is 20.5 Å². The fourth-order valence-corrected chi connectivity index (χ4v) is 4.60. The van der Waals surface area contributed by atoms with Gasteiger partial charge in [-0.1, -0.05) is 81.3 Å². The van der Waals surface area contributed by atoms with Crippen LogP contribution in [0.4, 0.5) is 5.13 Å². The molecule has 0 saturated heterocycles. The topological polar surface area (TPSA) is 101 Å². The Morgan fingerprint density at radius 2 is 1.89 bits per heavy atom. The number of hydrogen-bond donors (Lipinski definition) is 3. The van der Waals surface area contributed by atoms with Gasteiger partial charge in [0.15, 0.2) is 5.13 Å². The first kappa shape index (κ1) is 28.6. The summed E-state index contributed by atoms with van der Waals surface area (Å²) in [4.78, 5) is 30.7. The highest BCUT2D eigenvalue weighted by atomic mass is 35.5. The third kappa shape index (κ3) is 7.77. The van der Waals surface area contributed by atoms with Crippen molar-refractivity contribution >= 4 is 39.9 Å². The van der Waals surface area contributed by atoms with Crippen molar-refractivity contribution in [2.45, 2.75) is 66.2 Å². The van der Waals surface area contributed by atoms with Crippen LogP contribution in [-0.2, 0) is 16.2 Å². The number of halogens is 1. The van der Waals surface area contributed by atoms with E-state index in [4.69, 9.17) is 16.3 Å². The number of ether oxygens (including phenoxy) is 1. The first-order chi connectivity index (χ1) is 17.5. The fraction of sp³-hybridized carbons (Fsp3) is 0.393. The summed E-state index contributed by atoms with van der Waals surface area (Å²) in [6.07, 6.45) is 1.62. The summed E-state index contributed by atoms with van der Waals surface area (Å²) in [6, 6.07) is 12.6. The molecule has 2 amide bonds. The number of benzene rings is 2. The molecule has 37 heavy (non-hydrogen) atoms. The second kappa shape index (κ2) is 12.5. The maximum atomic E-state index is 13.0. The molecule has 3 aromatic rings. The maximum absolute atomic E-state index is 13.0. The van der Waals surface area contributed by atoms with Crippen LogP contribution >= 0.6 is 22.9 Å². The van der Waals surface area contributed by atoms with Crippen LogP contribution in [0.15, 0.2) is 48.7 Å². The number of nitrogens with one attached hydrogen (secondary N) is 2. The fourth-order valence-electron chi connectivity index (χ4n) is 3.60. The van der Waals surface area contributed by atoms with Crippen LogP contribution in [0, 0.1) is 12.3 Å². The molecule has 2 aromatic carbocycles. The van der Waals surface area contributed by atoms with E-state index in [2.05, 4.69) is 15.6 Å². The van der Waals surface area contributed by atoms with Crippen molar-refractivity contribution in [2.24, 2.45) is 5.41 Å². The average molecular weight is 544 g/mol. The molecule has 3 rings (SSSR count). The number of amides is 2. The molecule has 0 aliphatic heterocycles. The van der Waals surface area contributed by atoms with E-state index in [1.165, 1.54) is 11.3 Å². The minimum absolute atomic E-state index is 0.359. The summed E-state index contributed by atoms with van der Waals surface area (Å²) in [7, 11) is 0. The van der Waals surface area contributed by atoms with Gasteiger partial charge in [0.25, 0.3) is 0 Å². The normalized spacial score (nSPS) is 13.1. The summed E-state index contributed by atoms with van der Waals surface area (Å²) in [5.41, 5.74) is 2.24. The van der Waals surface area contributed by atoms with E-state index < -0.39 is 23.5 Å². The molecule has 3 N–H and O–H groups in total. The smallest absolute Gasteiger partial charge is 0.250 e. The minimum atomic E-state index is -1.22. The average Bonchev–Trinajstić information content (AvgIpc) is 3.31. The lowest BCUT2D eigenvalue weighted by Crippen LogP contribution is -2.50. The molecule has 2 atom stereocenters. The van der Waals surface area contributed by atoms with Crippen molar-refractivity contribution in [2.75, 3.05) is 5.32 Å². The van der Waals surface area contributed by atoms with Crippen LogP contribution in [0.2, 0.25) is 5.02 Å². The molecule has 0 radical (unpaired) electrons. The SMILES string of the molecule is CCC[C@H](NC(=O)[C@@H](O)C(C)(C)C)C(=O)Nc1ncc(-c2ccccc2COc2ccc(Cl)c(C)c2)s1. The third-order valence-corrected chi connectivity index (χ3v) is 7.19. The summed E-state index contributed by atoms with van der Waals surface area (Å²) in [5, 5.41) is 16.9. The highest BCUT2D eigenvalue weighted by molar-refractivity contribution is 7.19. The molecule has 0 aliphatic carbocycles. The zero-order valence-electron chi connectivity index (χ0n) is 21.8. The molecule has 9 heteroatoms. The molecule has 0 spiro atoms. The number of hydrogen-bond acceptors (Lipinski definition) is 6. The molecule has 1 heterocycles. The monoisotopic (exact) mass is 543 g/mol. The molecule has 0 bridgehead atoms. The van der Waals surface area contributed by atoms with Crippen LogP contribution in [0.3, 0.4) is 0 Å². The first-order valence-corrected chi connectivity index (χ1v) is 13.4. The Morgan fingerprint density at radius 3 is 2.57 bits per heavy atom. The van der Waals surface area contributed by atoms with Gasteiger partial charge in [-0.05, 0) is 53.6 Å². The zero-order chi connectivity index (χ0) is 27.2. The van der Waals surface area contributed by atoms with Crippen molar-refractivity contribution < 1.29 is 19.4 Å². The Bertz CT molecular complexity index is 1240. The Kier molecular flexibility index (Phi) is 9.70. The van der Waals surface area contributed by atoms with E-state index in [9.17, 15) is 14.7 Å². The number of rotatable bonds is 10. The molecular formula is C28H34ClN3O4S. The Balaban J connectivity index is 1.70. The largest absolute Gasteiger partial charge is 0.489 e. The van der Waals surface area contributed by atoms with Gasteiger partial charge in [0.05, 0.1) is 4.88 Å². The van der Waals surface area contributed by atoms with Crippen LogP contribution in [0.25, 0.3) is 10.4 Å². The van der Waals surface area contributed by atoms with Gasteiger partial charge in [-0.2, -0.15) is 0 Å². The highest BCUT2D eigenvalue weighted by Crippen LogP contribution is 2.32. The van der Waals surface area contributed by atoms with Crippen molar-refractivity contribution in [1.82, 2.24) is 10.3 Å². The number of aromatic nitrogens is 1. The molecule has 198 valence electrons. The second-order valence-corrected chi connectivity index (χ2v) is 11.4. The van der Waals surface area contributed by atoms with Gasteiger partial charge >= 0.3 is 0 Å². The summed E-state index contributed by atoms with van der Waals surface area (Å²) in [5.74, 6) is -0.202. The number of thiazole rings is 1. The summed E-state index contributed by atoms with van der Waals surface area (Å²) >= 11 is 7.45. The van der Waals surface area contributed by atoms with E-state index in [0.29, 0.717) is 29.6 Å². The lowest BCUT2D eigenvalue weighted by molar-refractivity contribution is -0.137. The van der Waals surface area contributed by atoms with Crippen LogP contribution in [0.1, 0.15) is 51.7 Å². The maximum Gasteiger partial charge on any atom is 0.250 e. The molecule has 0 fully saturated rings. The number of aliphatic hydroxyl groups is 1. The highest BCUT2D eigenvalue weighted by Gasteiger charge is 2.32. The lowest BCUT2D eigenvalue weighted by Gasteiger charge is -2.26. The second-order valence-electron chi connectivity index (χ2n) is 9.99. The van der Waals surface area contributed by atoms with Crippen molar-refractivity contribution in [3.05, 3.63) is 64.8 Å². The molecule has 0 aliphatic rings.